The first-order valence-corrected chi connectivity index (χ1v) is 13.3. The second-order valence-electron chi connectivity index (χ2n) is 10.3. The molecule has 0 aromatic heterocycles. The lowest BCUT2D eigenvalue weighted by Gasteiger charge is -2.41. The molecule has 0 bridgehead atoms. The van der Waals surface area contributed by atoms with Crippen LogP contribution in [0.3, 0.4) is 0 Å². The molecule has 0 saturated carbocycles. The summed E-state index contributed by atoms with van der Waals surface area (Å²) >= 11 is 0. The van der Waals surface area contributed by atoms with Crippen LogP contribution in [0.2, 0.25) is 0 Å². The van der Waals surface area contributed by atoms with Crippen molar-refractivity contribution in [1.29, 1.82) is 0 Å². The topological polar surface area (TPSA) is 153 Å². The van der Waals surface area contributed by atoms with E-state index in [0.717, 1.165) is 11.1 Å². The highest BCUT2D eigenvalue weighted by Crippen LogP contribution is 2.35. The molecular weight excluding hydrogens is 500 g/mol. The Bertz CT molecular complexity index is 850. The summed E-state index contributed by atoms with van der Waals surface area (Å²) in [5.41, 5.74) is 1.83. The molecule has 11 heteroatoms. The Hall–Kier alpha value is -1.83. The minimum absolute atomic E-state index is 0.0187. The number of carbonyl (C=O) groups is 1. The molecule has 0 spiro atoms. The normalized spacial score (nSPS) is 30.0. The predicted molar refractivity (Wildman–Crippen MR) is 135 cm³/mol. The van der Waals surface area contributed by atoms with Gasteiger partial charge in [0.05, 0.1) is 38.1 Å². The second kappa shape index (κ2) is 14.5. The van der Waals surface area contributed by atoms with E-state index in [-0.39, 0.29) is 50.9 Å². The van der Waals surface area contributed by atoms with Gasteiger partial charge in [0.2, 0.25) is 0 Å². The zero-order valence-electron chi connectivity index (χ0n) is 22.5. The van der Waals surface area contributed by atoms with E-state index in [2.05, 4.69) is 0 Å². The quantitative estimate of drug-likeness (QED) is 0.185. The molecule has 0 aliphatic carbocycles. The van der Waals surface area contributed by atoms with Crippen LogP contribution in [-0.2, 0) is 23.7 Å². The van der Waals surface area contributed by atoms with Gasteiger partial charge in [-0.3, -0.25) is 0 Å². The standard InChI is InChI=1S/C27H42O11/c1-15(2)19-6-5-7-20(16(3)4)25(19)38-27(32)34-9-8-33-23-12-21(31)26(22(14-29)36-23)37-24-11-17(30)10-18(13-28)35-24/h5-7,15-18,21-24,26,28-31H,8-14H2,1-4H3/t17?,18-,21?,22?,23?,24+,26-/m0/s1. The Labute approximate surface area is 223 Å². The van der Waals surface area contributed by atoms with Crippen molar-refractivity contribution in [1.82, 2.24) is 0 Å². The minimum atomic E-state index is -1.05. The number of hydrogen-bond donors (Lipinski definition) is 4. The average Bonchev–Trinajstić information content (AvgIpc) is 2.87. The SMILES string of the molecule is CC(C)c1cccc(C(C)C)c1OC(=O)OCCOC1CC(O)[C@H](O[C@@H]2CC(O)C[C@@H](CO)O2)C(CO)O1. The average molecular weight is 543 g/mol. The fourth-order valence-corrected chi connectivity index (χ4v) is 4.69. The van der Waals surface area contributed by atoms with E-state index in [1.807, 2.05) is 45.9 Å². The van der Waals surface area contributed by atoms with Crippen molar-refractivity contribution in [3.63, 3.8) is 0 Å². The van der Waals surface area contributed by atoms with Crippen LogP contribution in [-0.4, -0.2) is 96.1 Å². The molecule has 3 rings (SSSR count). The number of para-hydroxylation sites is 1. The molecule has 2 saturated heterocycles. The van der Waals surface area contributed by atoms with E-state index >= 15 is 0 Å². The number of carbonyl (C=O) groups excluding carboxylic acids is 1. The third-order valence-corrected chi connectivity index (χ3v) is 6.65. The van der Waals surface area contributed by atoms with Crippen molar-refractivity contribution in [3.05, 3.63) is 29.3 Å². The summed E-state index contributed by atoms with van der Waals surface area (Å²) in [7, 11) is 0. The maximum atomic E-state index is 12.4. The third-order valence-electron chi connectivity index (χ3n) is 6.65. The molecule has 2 aliphatic heterocycles. The van der Waals surface area contributed by atoms with Crippen LogP contribution in [0.1, 0.15) is 69.9 Å². The van der Waals surface area contributed by atoms with E-state index in [1.165, 1.54) is 0 Å². The van der Waals surface area contributed by atoms with Gasteiger partial charge in [-0.05, 0) is 23.0 Å². The monoisotopic (exact) mass is 542 g/mol. The molecule has 4 unspecified atom stereocenters. The number of aliphatic hydroxyl groups is 4. The Kier molecular flexibility index (Phi) is 11.7. The van der Waals surface area contributed by atoms with Crippen LogP contribution in [0.4, 0.5) is 4.79 Å². The summed E-state index contributed by atoms with van der Waals surface area (Å²) in [5.74, 6) is 0.833. The largest absolute Gasteiger partial charge is 0.513 e. The van der Waals surface area contributed by atoms with E-state index in [1.54, 1.807) is 0 Å². The third kappa shape index (κ3) is 8.33. The lowest BCUT2D eigenvalue weighted by molar-refractivity contribution is -0.311. The Morgan fingerprint density at radius 2 is 1.63 bits per heavy atom. The fourth-order valence-electron chi connectivity index (χ4n) is 4.69. The molecule has 7 atom stereocenters. The van der Waals surface area contributed by atoms with Crippen LogP contribution in [0.5, 0.6) is 5.75 Å². The summed E-state index contributed by atoms with van der Waals surface area (Å²) in [6.45, 7) is 7.26. The smallest absolute Gasteiger partial charge is 0.432 e. The lowest BCUT2D eigenvalue weighted by Crippen LogP contribution is -2.54. The molecule has 0 radical (unpaired) electrons. The summed E-state index contributed by atoms with van der Waals surface area (Å²) in [6.07, 6.45) is -6.21. The van der Waals surface area contributed by atoms with Gasteiger partial charge in [0, 0.05) is 19.3 Å². The first-order chi connectivity index (χ1) is 18.1. The van der Waals surface area contributed by atoms with Gasteiger partial charge >= 0.3 is 6.16 Å². The zero-order chi connectivity index (χ0) is 27.8. The zero-order valence-corrected chi connectivity index (χ0v) is 22.5. The number of ether oxygens (including phenoxy) is 6. The van der Waals surface area contributed by atoms with Crippen molar-refractivity contribution < 1.29 is 53.6 Å². The summed E-state index contributed by atoms with van der Waals surface area (Å²) in [6, 6.07) is 5.80. The van der Waals surface area contributed by atoms with Gasteiger partial charge in [0.15, 0.2) is 12.6 Å². The predicted octanol–water partition coefficient (Wildman–Crippen LogP) is 2.18. The summed E-state index contributed by atoms with van der Waals surface area (Å²) < 4.78 is 33.5. The molecule has 2 aliphatic rings. The molecular formula is C27H42O11. The molecule has 1 aromatic carbocycles. The number of rotatable bonds is 11. The minimum Gasteiger partial charge on any atom is -0.432 e. The van der Waals surface area contributed by atoms with Gasteiger partial charge in [-0.2, -0.15) is 0 Å². The number of hydrogen-bond acceptors (Lipinski definition) is 11. The van der Waals surface area contributed by atoms with Crippen molar-refractivity contribution in [2.75, 3.05) is 26.4 Å². The van der Waals surface area contributed by atoms with Gasteiger partial charge in [0.25, 0.3) is 0 Å². The highest BCUT2D eigenvalue weighted by molar-refractivity contribution is 5.66. The van der Waals surface area contributed by atoms with Crippen LogP contribution < -0.4 is 4.74 Å². The molecule has 4 N–H and O–H groups in total. The highest BCUT2D eigenvalue weighted by atomic mass is 16.7. The van der Waals surface area contributed by atoms with Gasteiger partial charge in [-0.25, -0.2) is 4.79 Å². The van der Waals surface area contributed by atoms with E-state index in [4.69, 9.17) is 28.4 Å². The fraction of sp³-hybridized carbons (Fsp3) is 0.741. The first kappa shape index (κ1) is 30.7. The van der Waals surface area contributed by atoms with Gasteiger partial charge < -0.3 is 48.8 Å². The van der Waals surface area contributed by atoms with Gasteiger partial charge in [-0.15, -0.1) is 0 Å². The molecule has 38 heavy (non-hydrogen) atoms. The summed E-state index contributed by atoms with van der Waals surface area (Å²) in [4.78, 5) is 12.4. The van der Waals surface area contributed by atoms with Crippen LogP contribution in [0, 0.1) is 0 Å². The molecule has 0 amide bonds. The van der Waals surface area contributed by atoms with Crippen molar-refractivity contribution in [3.8, 4) is 5.75 Å². The molecule has 2 fully saturated rings. The van der Waals surface area contributed by atoms with Gasteiger partial charge in [0.1, 0.15) is 24.6 Å². The summed E-state index contributed by atoms with van der Waals surface area (Å²) in [5, 5.41) is 39.8. The van der Waals surface area contributed by atoms with Crippen molar-refractivity contribution in [2.45, 2.75) is 102 Å². The van der Waals surface area contributed by atoms with Gasteiger partial charge in [-0.1, -0.05) is 45.9 Å². The maximum Gasteiger partial charge on any atom is 0.513 e. The van der Waals surface area contributed by atoms with Crippen molar-refractivity contribution in [2.24, 2.45) is 0 Å². The molecule has 1 aromatic rings. The molecule has 216 valence electrons. The maximum absolute atomic E-state index is 12.4. The Balaban J connectivity index is 1.46. The first-order valence-electron chi connectivity index (χ1n) is 13.3. The molecule has 11 nitrogen and oxygen atoms in total. The van der Waals surface area contributed by atoms with E-state index in [0.29, 0.717) is 5.75 Å². The van der Waals surface area contributed by atoms with Crippen LogP contribution in [0.15, 0.2) is 18.2 Å². The lowest BCUT2D eigenvalue weighted by atomic mass is 9.94. The van der Waals surface area contributed by atoms with Crippen LogP contribution >= 0.6 is 0 Å². The van der Waals surface area contributed by atoms with E-state index < -0.39 is 55.9 Å². The van der Waals surface area contributed by atoms with Crippen molar-refractivity contribution >= 4 is 6.16 Å². The number of aliphatic hydroxyl groups excluding tert-OH is 4. The Morgan fingerprint density at radius 3 is 2.24 bits per heavy atom. The van der Waals surface area contributed by atoms with E-state index in [9.17, 15) is 25.2 Å². The molecule has 2 heterocycles. The highest BCUT2D eigenvalue weighted by Gasteiger charge is 2.42. The second-order valence-corrected chi connectivity index (χ2v) is 10.3. The van der Waals surface area contributed by atoms with Crippen LogP contribution in [0.25, 0.3) is 0 Å². The Morgan fingerprint density at radius 1 is 0.947 bits per heavy atom. The number of benzene rings is 1.